The quantitative estimate of drug-likeness (QED) is 0.571. The molecule has 0 aliphatic carbocycles. The molecule has 0 unspecified atom stereocenters. The molecule has 0 fully saturated rings. The van der Waals surface area contributed by atoms with E-state index in [1.54, 1.807) is 36.4 Å². The Bertz CT molecular complexity index is 590. The molecule has 5 heteroatoms. The third kappa shape index (κ3) is 3.14. The van der Waals surface area contributed by atoms with E-state index in [2.05, 4.69) is 0 Å². The van der Waals surface area contributed by atoms with Crippen LogP contribution in [0.25, 0.3) is 0 Å². The summed E-state index contributed by atoms with van der Waals surface area (Å²) in [5, 5.41) is 27.5. The van der Waals surface area contributed by atoms with Crippen molar-refractivity contribution in [3.63, 3.8) is 0 Å². The Morgan fingerprint density at radius 2 is 1.80 bits per heavy atom. The van der Waals surface area contributed by atoms with Crippen molar-refractivity contribution in [3.8, 4) is 11.5 Å². The largest absolute Gasteiger partial charge is 0.507 e. The summed E-state index contributed by atoms with van der Waals surface area (Å²) in [6.07, 6.45) is -0.965. The molecular weight excluding hydrogens is 260 g/mol. The number of carbonyl (C=O) groups excluding carboxylic acids is 1. The minimum atomic E-state index is -1.50. The predicted octanol–water partition coefficient (Wildman–Crippen LogP) is 1.77. The van der Waals surface area contributed by atoms with Crippen molar-refractivity contribution in [2.24, 2.45) is 0 Å². The van der Waals surface area contributed by atoms with Gasteiger partial charge in [0, 0.05) is 5.56 Å². The van der Waals surface area contributed by atoms with E-state index >= 15 is 0 Å². The maximum atomic E-state index is 10.9. The summed E-state index contributed by atoms with van der Waals surface area (Å²) in [6, 6.07) is 11.1. The van der Waals surface area contributed by atoms with E-state index in [0.717, 1.165) is 5.56 Å². The van der Waals surface area contributed by atoms with Crippen LogP contribution >= 0.6 is 0 Å². The van der Waals surface area contributed by atoms with Gasteiger partial charge >= 0.3 is 0 Å². The van der Waals surface area contributed by atoms with E-state index in [9.17, 15) is 9.90 Å². The molecule has 0 bridgehead atoms. The van der Waals surface area contributed by atoms with Crippen molar-refractivity contribution in [2.45, 2.75) is 12.9 Å². The second-order valence-electron chi connectivity index (χ2n) is 4.21. The molecule has 20 heavy (non-hydrogen) atoms. The summed E-state index contributed by atoms with van der Waals surface area (Å²) in [5.74, 6) is 0.169. The fourth-order valence-corrected chi connectivity index (χ4v) is 1.72. The zero-order valence-electron chi connectivity index (χ0n) is 10.6. The first-order valence-corrected chi connectivity index (χ1v) is 5.96. The maximum Gasteiger partial charge on any atom is 0.178 e. The summed E-state index contributed by atoms with van der Waals surface area (Å²) in [4.78, 5) is 10.9. The van der Waals surface area contributed by atoms with Crippen molar-refractivity contribution in [3.05, 3.63) is 59.2 Å². The standard InChI is InChI=1S/C15H14O5/c16-8-12-13(17)2-1-3-14(12)20-9-10-4-6-11(7-5-10)15(18)19/h1-8,15,17-19H,9H2. The molecule has 2 aromatic rings. The number of ether oxygens (including phenoxy) is 1. The third-order valence-electron chi connectivity index (χ3n) is 2.83. The van der Waals surface area contributed by atoms with Crippen LogP contribution in [0.3, 0.4) is 0 Å². The third-order valence-corrected chi connectivity index (χ3v) is 2.83. The summed E-state index contributed by atoms with van der Waals surface area (Å²) < 4.78 is 5.48. The molecule has 0 amide bonds. The summed E-state index contributed by atoms with van der Waals surface area (Å²) in [5.41, 5.74) is 1.30. The van der Waals surface area contributed by atoms with E-state index in [-0.39, 0.29) is 17.9 Å². The van der Waals surface area contributed by atoms with Gasteiger partial charge in [0.25, 0.3) is 0 Å². The molecule has 0 aliphatic heterocycles. The average Bonchev–Trinajstić information content (AvgIpc) is 2.45. The van der Waals surface area contributed by atoms with Gasteiger partial charge < -0.3 is 20.1 Å². The zero-order chi connectivity index (χ0) is 14.5. The van der Waals surface area contributed by atoms with Gasteiger partial charge in [0.1, 0.15) is 18.1 Å². The number of hydrogen-bond acceptors (Lipinski definition) is 5. The van der Waals surface area contributed by atoms with Gasteiger partial charge in [-0.3, -0.25) is 4.79 Å². The smallest absolute Gasteiger partial charge is 0.178 e. The second kappa shape index (κ2) is 6.18. The van der Waals surface area contributed by atoms with Gasteiger partial charge in [-0.05, 0) is 17.7 Å². The minimum Gasteiger partial charge on any atom is -0.507 e. The number of aliphatic hydroxyl groups is 2. The molecule has 0 radical (unpaired) electrons. The van der Waals surface area contributed by atoms with E-state index in [0.29, 0.717) is 17.6 Å². The molecule has 3 N–H and O–H groups in total. The molecule has 0 saturated carbocycles. The molecule has 0 aliphatic rings. The van der Waals surface area contributed by atoms with Gasteiger partial charge in [0.2, 0.25) is 0 Å². The van der Waals surface area contributed by atoms with Crippen LogP contribution in [-0.4, -0.2) is 21.6 Å². The monoisotopic (exact) mass is 274 g/mol. The number of benzene rings is 2. The molecule has 0 spiro atoms. The Balaban J connectivity index is 2.09. The molecule has 0 heterocycles. The predicted molar refractivity (Wildman–Crippen MR) is 71.4 cm³/mol. The second-order valence-corrected chi connectivity index (χ2v) is 4.21. The Kier molecular flexibility index (Phi) is 4.34. The van der Waals surface area contributed by atoms with E-state index in [4.69, 9.17) is 14.9 Å². The van der Waals surface area contributed by atoms with Crippen LogP contribution in [0.5, 0.6) is 11.5 Å². The van der Waals surface area contributed by atoms with Crippen LogP contribution in [0.15, 0.2) is 42.5 Å². The first kappa shape index (κ1) is 14.0. The van der Waals surface area contributed by atoms with Crippen molar-refractivity contribution < 1.29 is 24.9 Å². The summed E-state index contributed by atoms with van der Waals surface area (Å²) >= 11 is 0. The lowest BCUT2D eigenvalue weighted by Gasteiger charge is -2.10. The highest BCUT2D eigenvalue weighted by atomic mass is 16.5. The normalized spacial score (nSPS) is 10.6. The molecule has 2 aromatic carbocycles. The zero-order valence-corrected chi connectivity index (χ0v) is 10.6. The minimum absolute atomic E-state index is 0.106. The summed E-state index contributed by atoms with van der Waals surface area (Å²) in [6.45, 7) is 0.200. The Morgan fingerprint density at radius 1 is 1.10 bits per heavy atom. The molecule has 0 aromatic heterocycles. The summed E-state index contributed by atoms with van der Waals surface area (Å²) in [7, 11) is 0. The van der Waals surface area contributed by atoms with Crippen LogP contribution in [0.4, 0.5) is 0 Å². The van der Waals surface area contributed by atoms with Gasteiger partial charge in [-0.15, -0.1) is 0 Å². The first-order valence-electron chi connectivity index (χ1n) is 5.96. The highest BCUT2D eigenvalue weighted by molar-refractivity contribution is 5.83. The number of phenolic OH excluding ortho intramolecular Hbond substituents is 1. The lowest BCUT2D eigenvalue weighted by atomic mass is 10.1. The molecule has 5 nitrogen and oxygen atoms in total. The number of phenols is 1. The van der Waals surface area contributed by atoms with Gasteiger partial charge in [-0.25, -0.2) is 0 Å². The van der Waals surface area contributed by atoms with Crippen molar-refractivity contribution in [2.75, 3.05) is 0 Å². The Labute approximate surface area is 115 Å². The van der Waals surface area contributed by atoms with Crippen molar-refractivity contribution >= 4 is 6.29 Å². The van der Waals surface area contributed by atoms with Gasteiger partial charge in [-0.1, -0.05) is 30.3 Å². The molecule has 0 atom stereocenters. The number of aromatic hydroxyl groups is 1. The lowest BCUT2D eigenvalue weighted by molar-refractivity contribution is -0.0425. The Hall–Kier alpha value is -2.37. The molecular formula is C15H14O5. The van der Waals surface area contributed by atoms with Crippen LogP contribution in [0, 0.1) is 0 Å². The lowest BCUT2D eigenvalue weighted by Crippen LogP contribution is -2.00. The van der Waals surface area contributed by atoms with Crippen LogP contribution in [0.1, 0.15) is 27.8 Å². The van der Waals surface area contributed by atoms with E-state index in [1.165, 1.54) is 6.07 Å². The van der Waals surface area contributed by atoms with Crippen LogP contribution < -0.4 is 4.74 Å². The van der Waals surface area contributed by atoms with Gasteiger partial charge in [-0.2, -0.15) is 0 Å². The average molecular weight is 274 g/mol. The highest BCUT2D eigenvalue weighted by Crippen LogP contribution is 2.26. The van der Waals surface area contributed by atoms with Gasteiger partial charge in [0.05, 0.1) is 5.56 Å². The number of carbonyl (C=O) groups is 1. The topological polar surface area (TPSA) is 87.0 Å². The van der Waals surface area contributed by atoms with Gasteiger partial charge in [0.15, 0.2) is 12.6 Å². The van der Waals surface area contributed by atoms with Crippen LogP contribution in [0.2, 0.25) is 0 Å². The van der Waals surface area contributed by atoms with Crippen molar-refractivity contribution in [1.29, 1.82) is 0 Å². The molecule has 2 rings (SSSR count). The molecule has 104 valence electrons. The molecule has 0 saturated heterocycles. The fraction of sp³-hybridized carbons (Fsp3) is 0.133. The number of aldehydes is 1. The Morgan fingerprint density at radius 3 is 2.40 bits per heavy atom. The van der Waals surface area contributed by atoms with Crippen LogP contribution in [-0.2, 0) is 6.61 Å². The number of rotatable bonds is 5. The number of aliphatic hydroxyl groups excluding tert-OH is 1. The van der Waals surface area contributed by atoms with Crippen molar-refractivity contribution in [1.82, 2.24) is 0 Å². The fourth-order valence-electron chi connectivity index (χ4n) is 1.72. The SMILES string of the molecule is O=Cc1c(O)cccc1OCc1ccc(C(O)O)cc1. The maximum absolute atomic E-state index is 10.9. The first-order chi connectivity index (χ1) is 9.61. The van der Waals surface area contributed by atoms with E-state index in [1.807, 2.05) is 0 Å². The van der Waals surface area contributed by atoms with E-state index < -0.39 is 6.29 Å². The highest BCUT2D eigenvalue weighted by Gasteiger charge is 2.08. The number of hydrogen-bond donors (Lipinski definition) is 3.